The number of para-hydroxylation sites is 2. The molecule has 1 fully saturated rings. The van der Waals surface area contributed by atoms with Crippen LogP contribution in [0.1, 0.15) is 35.2 Å². The summed E-state index contributed by atoms with van der Waals surface area (Å²) in [4.78, 5) is 42.1. The number of pyridine rings is 1. The second-order valence-corrected chi connectivity index (χ2v) is 8.56. The summed E-state index contributed by atoms with van der Waals surface area (Å²) < 4.78 is 7.82. The maximum absolute atomic E-state index is 13.3. The summed E-state index contributed by atoms with van der Waals surface area (Å²) in [6.45, 7) is 0.453. The summed E-state index contributed by atoms with van der Waals surface area (Å²) in [6, 6.07) is 22.6. The van der Waals surface area contributed by atoms with E-state index in [0.29, 0.717) is 37.1 Å². The minimum Gasteiger partial charge on any atom is -0.423 e. The number of nitrogens with zero attached hydrogens (tertiary/aromatic N) is 2. The fourth-order valence-electron chi connectivity index (χ4n) is 4.47. The van der Waals surface area contributed by atoms with Crippen LogP contribution in [0.25, 0.3) is 21.8 Å². The Morgan fingerprint density at radius 1 is 0.914 bits per heavy atom. The number of benzene rings is 3. The molecule has 1 amide bonds. The van der Waals surface area contributed by atoms with Crippen LogP contribution in [-0.4, -0.2) is 29.5 Å². The molecule has 0 saturated carbocycles. The zero-order chi connectivity index (χ0) is 24.4. The van der Waals surface area contributed by atoms with Crippen molar-refractivity contribution in [2.75, 3.05) is 6.54 Å². The van der Waals surface area contributed by atoms with E-state index in [1.807, 2.05) is 67.7 Å². The van der Waals surface area contributed by atoms with Crippen LogP contribution >= 0.6 is 0 Å². The molecule has 0 radical (unpaired) electrons. The first-order valence-corrected chi connectivity index (χ1v) is 11.6. The van der Waals surface area contributed by atoms with E-state index < -0.39 is 11.9 Å². The van der Waals surface area contributed by atoms with E-state index in [4.69, 9.17) is 9.57 Å². The molecule has 0 spiro atoms. The molecule has 176 valence electrons. The highest BCUT2D eigenvalue weighted by Crippen LogP contribution is 2.26. The number of esters is 1. The summed E-state index contributed by atoms with van der Waals surface area (Å²) >= 11 is 0. The number of fused-ring (bicyclic) bond motifs is 2. The molecule has 1 saturated heterocycles. The van der Waals surface area contributed by atoms with Gasteiger partial charge in [0.1, 0.15) is 12.8 Å². The van der Waals surface area contributed by atoms with Crippen LogP contribution in [0.15, 0.2) is 72.8 Å². The van der Waals surface area contributed by atoms with Gasteiger partial charge in [0, 0.05) is 18.6 Å². The van der Waals surface area contributed by atoms with Gasteiger partial charge in [0.2, 0.25) is 11.0 Å². The normalized spacial score (nSPS) is 13.4. The molecular formula is C28H25N2O5+. The fraction of sp³-hybridized carbons (Fsp3) is 0.214. The number of hydrogen-bond donors (Lipinski definition) is 0. The molecule has 0 atom stereocenters. The lowest BCUT2D eigenvalue weighted by Gasteiger charge is -2.14. The zero-order valence-electron chi connectivity index (χ0n) is 19.4. The molecule has 4 aromatic rings. The Labute approximate surface area is 202 Å². The molecule has 7 heteroatoms. The highest BCUT2D eigenvalue weighted by molar-refractivity contribution is 6.13. The Morgan fingerprint density at radius 2 is 1.54 bits per heavy atom. The van der Waals surface area contributed by atoms with Gasteiger partial charge in [-0.3, -0.25) is 4.79 Å². The Bertz CT molecular complexity index is 1390. The maximum Gasteiger partial charge on any atom is 0.345 e. The molecule has 1 aromatic heterocycles. The predicted octanol–water partition coefficient (Wildman–Crippen LogP) is 4.05. The van der Waals surface area contributed by atoms with Gasteiger partial charge in [0.25, 0.3) is 5.91 Å². The van der Waals surface area contributed by atoms with Crippen molar-refractivity contribution in [2.24, 2.45) is 7.05 Å². The van der Waals surface area contributed by atoms with Gasteiger partial charge in [-0.25, -0.2) is 9.59 Å². The van der Waals surface area contributed by atoms with Crippen LogP contribution in [0.3, 0.4) is 0 Å². The molecule has 35 heavy (non-hydrogen) atoms. The third-order valence-corrected chi connectivity index (χ3v) is 6.27. The summed E-state index contributed by atoms with van der Waals surface area (Å²) in [5, 5.41) is 2.79. The molecule has 0 unspecified atom stereocenters. The van der Waals surface area contributed by atoms with Crippen LogP contribution in [0.4, 0.5) is 0 Å². The van der Waals surface area contributed by atoms with Gasteiger partial charge in [-0.2, -0.15) is 9.63 Å². The second-order valence-electron chi connectivity index (χ2n) is 8.56. The minimum absolute atomic E-state index is 0.155. The number of aryl methyl sites for hydroxylation is 2. The third-order valence-electron chi connectivity index (χ3n) is 6.27. The van der Waals surface area contributed by atoms with Crippen LogP contribution in [0.2, 0.25) is 0 Å². The third kappa shape index (κ3) is 4.57. The second kappa shape index (κ2) is 9.54. The Morgan fingerprint density at radius 3 is 2.14 bits per heavy atom. The van der Waals surface area contributed by atoms with Crippen molar-refractivity contribution in [3.63, 3.8) is 0 Å². The first kappa shape index (κ1) is 22.5. The van der Waals surface area contributed by atoms with Crippen molar-refractivity contribution in [1.29, 1.82) is 0 Å². The van der Waals surface area contributed by atoms with E-state index in [1.54, 1.807) is 12.1 Å². The standard InChI is InChI=1S/C28H25N2O5/c1-29-23-9-4-2-7-21(23)27(22-8-3-5-10-24(22)29)28(33)34-20-15-12-19(13-16-20)14-17-26(32)35-30-18-6-11-25(30)31/h2-5,7-10,12-13,15-16H,6,11,14,17-18H2,1H3/q+1. The summed E-state index contributed by atoms with van der Waals surface area (Å²) in [7, 11) is 1.98. The largest absolute Gasteiger partial charge is 0.423 e. The van der Waals surface area contributed by atoms with Gasteiger partial charge in [0.15, 0.2) is 0 Å². The predicted molar refractivity (Wildman–Crippen MR) is 129 cm³/mol. The number of aromatic nitrogens is 1. The van der Waals surface area contributed by atoms with Crippen molar-refractivity contribution in [3.05, 3.63) is 83.9 Å². The number of hydrogen-bond acceptors (Lipinski definition) is 5. The average molecular weight is 470 g/mol. The summed E-state index contributed by atoms with van der Waals surface area (Å²) in [5.74, 6) is -0.598. The van der Waals surface area contributed by atoms with Gasteiger partial charge in [-0.1, -0.05) is 36.4 Å². The molecule has 1 aliphatic heterocycles. The molecule has 7 nitrogen and oxygen atoms in total. The van der Waals surface area contributed by atoms with Crippen molar-refractivity contribution in [2.45, 2.75) is 25.7 Å². The summed E-state index contributed by atoms with van der Waals surface area (Å²) in [5.41, 5.74) is 3.31. The Kier molecular flexibility index (Phi) is 6.14. The van der Waals surface area contributed by atoms with Gasteiger partial charge in [0.05, 0.1) is 29.3 Å². The first-order valence-electron chi connectivity index (χ1n) is 11.6. The van der Waals surface area contributed by atoms with Crippen LogP contribution in [0, 0.1) is 0 Å². The Balaban J connectivity index is 1.30. The number of rotatable bonds is 6. The minimum atomic E-state index is -0.438. The van der Waals surface area contributed by atoms with Crippen molar-refractivity contribution in [1.82, 2.24) is 5.06 Å². The van der Waals surface area contributed by atoms with E-state index in [1.165, 1.54) is 0 Å². The maximum atomic E-state index is 13.3. The van der Waals surface area contributed by atoms with Crippen molar-refractivity contribution >= 4 is 39.7 Å². The number of carbonyl (C=O) groups is 3. The molecule has 5 rings (SSSR count). The molecule has 2 heterocycles. The van der Waals surface area contributed by atoms with Gasteiger partial charge in [-0.05, 0) is 42.7 Å². The lowest BCUT2D eigenvalue weighted by molar-refractivity contribution is -0.617. The molecule has 0 bridgehead atoms. The van der Waals surface area contributed by atoms with E-state index in [2.05, 4.69) is 4.57 Å². The quantitative estimate of drug-likeness (QED) is 0.184. The number of amides is 1. The van der Waals surface area contributed by atoms with Gasteiger partial charge in [-0.15, -0.1) is 0 Å². The average Bonchev–Trinajstić information content (AvgIpc) is 3.28. The molecule has 0 aliphatic carbocycles. The summed E-state index contributed by atoms with van der Waals surface area (Å²) in [6.07, 6.45) is 1.74. The Hall–Kier alpha value is -4.26. The van der Waals surface area contributed by atoms with E-state index in [-0.39, 0.29) is 12.3 Å². The highest BCUT2D eigenvalue weighted by atomic mass is 16.7. The smallest absolute Gasteiger partial charge is 0.345 e. The monoisotopic (exact) mass is 469 g/mol. The topological polar surface area (TPSA) is 76.8 Å². The highest BCUT2D eigenvalue weighted by Gasteiger charge is 2.25. The zero-order valence-corrected chi connectivity index (χ0v) is 19.4. The van der Waals surface area contributed by atoms with E-state index in [0.717, 1.165) is 32.4 Å². The van der Waals surface area contributed by atoms with Crippen LogP contribution in [-0.2, 0) is 27.9 Å². The SMILES string of the molecule is C[n+]1c2ccccc2c(C(=O)Oc2ccc(CCC(=O)ON3CCCC3=O)cc2)c2ccccc21. The van der Waals surface area contributed by atoms with E-state index in [9.17, 15) is 14.4 Å². The van der Waals surface area contributed by atoms with Gasteiger partial charge >= 0.3 is 11.9 Å². The van der Waals surface area contributed by atoms with Gasteiger partial charge < -0.3 is 9.57 Å². The lowest BCUT2D eigenvalue weighted by Crippen LogP contribution is -2.31. The van der Waals surface area contributed by atoms with Crippen LogP contribution in [0.5, 0.6) is 5.75 Å². The number of ether oxygens (including phenoxy) is 1. The molecule has 3 aromatic carbocycles. The number of carbonyl (C=O) groups excluding carboxylic acids is 3. The van der Waals surface area contributed by atoms with Crippen LogP contribution < -0.4 is 9.30 Å². The van der Waals surface area contributed by atoms with E-state index >= 15 is 0 Å². The molecule has 1 aliphatic rings. The lowest BCUT2D eigenvalue weighted by atomic mass is 10.0. The fourth-order valence-corrected chi connectivity index (χ4v) is 4.47. The molecule has 0 N–H and O–H groups in total. The molecular weight excluding hydrogens is 444 g/mol. The van der Waals surface area contributed by atoms with Crippen molar-refractivity contribution in [3.8, 4) is 5.75 Å². The number of hydroxylamine groups is 2. The first-order chi connectivity index (χ1) is 17.0. The van der Waals surface area contributed by atoms with Crippen molar-refractivity contribution < 1.29 is 28.5 Å².